The van der Waals surface area contributed by atoms with Crippen molar-refractivity contribution in [1.82, 2.24) is 4.90 Å². The van der Waals surface area contributed by atoms with Gasteiger partial charge < -0.3 is 4.90 Å². The summed E-state index contributed by atoms with van der Waals surface area (Å²) in [6.45, 7) is 4.72. The summed E-state index contributed by atoms with van der Waals surface area (Å²) in [6, 6.07) is 0. The summed E-state index contributed by atoms with van der Waals surface area (Å²) >= 11 is 5.21. The third kappa shape index (κ3) is 4.70. The van der Waals surface area contributed by atoms with Crippen LogP contribution in [0.3, 0.4) is 0 Å². The molecule has 0 N–H and O–H groups in total. The third-order valence-electron chi connectivity index (χ3n) is 0.906. The maximum absolute atomic E-state index is 5.21. The van der Waals surface area contributed by atoms with Crippen LogP contribution in [0, 0.1) is 0 Å². The van der Waals surface area contributed by atoms with Crippen molar-refractivity contribution in [2.75, 3.05) is 20.6 Å². The van der Waals surface area contributed by atoms with Gasteiger partial charge in [-0.15, -0.1) is 0 Å². The standard InChI is InChI=1S/C6H14ClNO/c1-6(2,9-7)5-8(3)4/h5H2,1-4H3. The Morgan fingerprint density at radius 1 is 1.44 bits per heavy atom. The summed E-state index contributed by atoms with van der Waals surface area (Å²) in [6.07, 6.45) is 0. The highest BCUT2D eigenvalue weighted by Gasteiger charge is 2.18. The minimum absolute atomic E-state index is 0.245. The van der Waals surface area contributed by atoms with Crippen molar-refractivity contribution in [2.24, 2.45) is 0 Å². The first-order valence-corrected chi connectivity index (χ1v) is 3.23. The van der Waals surface area contributed by atoms with Crippen molar-refractivity contribution in [3.05, 3.63) is 0 Å². The fourth-order valence-corrected chi connectivity index (χ4v) is 0.835. The van der Waals surface area contributed by atoms with Crippen LogP contribution in [0.15, 0.2) is 0 Å². The molecule has 0 spiro atoms. The molecule has 0 aliphatic heterocycles. The fraction of sp³-hybridized carbons (Fsp3) is 1.00. The number of hydrogen-bond donors (Lipinski definition) is 0. The molecule has 0 rings (SSSR count). The van der Waals surface area contributed by atoms with Gasteiger partial charge in [0.15, 0.2) is 0 Å². The quantitative estimate of drug-likeness (QED) is 0.606. The van der Waals surface area contributed by atoms with E-state index in [4.69, 9.17) is 11.9 Å². The molecule has 0 fully saturated rings. The molecule has 0 aliphatic carbocycles. The van der Waals surface area contributed by atoms with Gasteiger partial charge in [-0.1, -0.05) is 0 Å². The fourth-order valence-electron chi connectivity index (χ4n) is 0.786. The minimum Gasteiger partial charge on any atom is -0.306 e. The molecule has 0 amide bonds. The summed E-state index contributed by atoms with van der Waals surface area (Å²) in [5.41, 5.74) is -0.245. The van der Waals surface area contributed by atoms with Crippen molar-refractivity contribution in [1.29, 1.82) is 0 Å². The van der Waals surface area contributed by atoms with Gasteiger partial charge >= 0.3 is 0 Å². The smallest absolute Gasteiger partial charge is 0.0967 e. The van der Waals surface area contributed by atoms with Gasteiger partial charge in [0.2, 0.25) is 0 Å². The molecule has 0 atom stereocenters. The lowest BCUT2D eigenvalue weighted by atomic mass is 10.1. The summed E-state index contributed by atoms with van der Waals surface area (Å²) in [4.78, 5) is 2.03. The molecule has 2 nitrogen and oxygen atoms in total. The van der Waals surface area contributed by atoms with E-state index in [-0.39, 0.29) is 5.60 Å². The predicted molar refractivity (Wildman–Crippen MR) is 39.6 cm³/mol. The third-order valence-corrected chi connectivity index (χ3v) is 1.32. The SMILES string of the molecule is CN(C)CC(C)(C)OCl. The van der Waals surface area contributed by atoms with Crippen molar-refractivity contribution in [3.8, 4) is 0 Å². The molecule has 0 radical (unpaired) electrons. The largest absolute Gasteiger partial charge is 0.306 e. The average molecular weight is 152 g/mol. The van der Waals surface area contributed by atoms with Crippen LogP contribution in [0.4, 0.5) is 0 Å². The van der Waals surface area contributed by atoms with Crippen LogP contribution in [0.2, 0.25) is 0 Å². The molecule has 0 aliphatic rings. The molecule has 0 saturated heterocycles. The second kappa shape index (κ2) is 3.40. The van der Waals surface area contributed by atoms with Crippen LogP contribution in [-0.4, -0.2) is 31.1 Å². The van der Waals surface area contributed by atoms with Gasteiger partial charge in [-0.25, -0.2) is 0 Å². The molecule has 0 aromatic carbocycles. The van der Waals surface area contributed by atoms with Crippen LogP contribution in [0.5, 0.6) is 0 Å². The van der Waals surface area contributed by atoms with Crippen molar-refractivity contribution >= 4 is 11.9 Å². The zero-order valence-electron chi connectivity index (χ0n) is 6.44. The number of likely N-dealkylation sites (N-methyl/N-ethyl adjacent to an activating group) is 1. The topological polar surface area (TPSA) is 12.5 Å². The van der Waals surface area contributed by atoms with Crippen molar-refractivity contribution < 1.29 is 4.29 Å². The van der Waals surface area contributed by atoms with Crippen LogP contribution < -0.4 is 0 Å². The summed E-state index contributed by atoms with van der Waals surface area (Å²) in [5, 5.41) is 0. The Hall–Kier alpha value is 0.210. The van der Waals surface area contributed by atoms with E-state index < -0.39 is 0 Å². The Balaban J connectivity index is 3.58. The molecule has 0 bridgehead atoms. The molecule has 0 heterocycles. The lowest BCUT2D eigenvalue weighted by molar-refractivity contribution is 0.0894. The van der Waals surface area contributed by atoms with E-state index in [2.05, 4.69) is 4.29 Å². The molecular weight excluding hydrogens is 138 g/mol. The van der Waals surface area contributed by atoms with Gasteiger partial charge in [0.25, 0.3) is 0 Å². The summed E-state index contributed by atoms with van der Waals surface area (Å²) in [7, 11) is 3.97. The maximum Gasteiger partial charge on any atom is 0.0967 e. The Morgan fingerprint density at radius 2 is 1.89 bits per heavy atom. The highest BCUT2D eigenvalue weighted by Crippen LogP contribution is 2.11. The number of nitrogens with zero attached hydrogens (tertiary/aromatic N) is 1. The van der Waals surface area contributed by atoms with Gasteiger partial charge in [0.05, 0.1) is 17.5 Å². The van der Waals surface area contributed by atoms with Gasteiger partial charge in [-0.2, -0.15) is 0 Å². The summed E-state index contributed by atoms with van der Waals surface area (Å²) < 4.78 is 4.68. The van der Waals surface area contributed by atoms with Crippen LogP contribution in [-0.2, 0) is 4.29 Å². The Bertz CT molecular complexity index is 83.1. The van der Waals surface area contributed by atoms with Crippen LogP contribution in [0.1, 0.15) is 13.8 Å². The zero-order valence-corrected chi connectivity index (χ0v) is 7.20. The van der Waals surface area contributed by atoms with E-state index in [1.54, 1.807) is 0 Å². The van der Waals surface area contributed by atoms with Gasteiger partial charge in [-0.05, 0) is 27.9 Å². The monoisotopic (exact) mass is 151 g/mol. The first kappa shape index (κ1) is 9.21. The molecule has 9 heavy (non-hydrogen) atoms. The second-order valence-corrected chi connectivity index (χ2v) is 3.23. The maximum atomic E-state index is 5.21. The Kier molecular flexibility index (Phi) is 3.48. The van der Waals surface area contributed by atoms with Crippen LogP contribution >= 0.6 is 11.9 Å². The lowest BCUT2D eigenvalue weighted by Gasteiger charge is -2.24. The minimum atomic E-state index is -0.245. The van der Waals surface area contributed by atoms with Gasteiger partial charge in [0, 0.05) is 6.54 Å². The van der Waals surface area contributed by atoms with E-state index in [0.29, 0.717) is 0 Å². The molecular formula is C6H14ClNO. The van der Waals surface area contributed by atoms with E-state index in [0.717, 1.165) is 6.54 Å². The molecule has 0 aromatic heterocycles. The van der Waals surface area contributed by atoms with E-state index in [9.17, 15) is 0 Å². The summed E-state index contributed by atoms with van der Waals surface area (Å²) in [5.74, 6) is 0. The van der Waals surface area contributed by atoms with E-state index in [1.165, 1.54) is 0 Å². The van der Waals surface area contributed by atoms with Crippen molar-refractivity contribution in [3.63, 3.8) is 0 Å². The molecule has 0 aromatic rings. The van der Waals surface area contributed by atoms with E-state index >= 15 is 0 Å². The number of rotatable bonds is 3. The number of halogens is 1. The zero-order chi connectivity index (χ0) is 7.49. The normalized spacial score (nSPS) is 12.7. The Morgan fingerprint density at radius 3 is 2.00 bits per heavy atom. The Labute approximate surface area is 61.9 Å². The predicted octanol–water partition coefficient (Wildman–Crippen LogP) is 1.50. The molecule has 0 saturated carbocycles. The first-order chi connectivity index (χ1) is 3.98. The van der Waals surface area contributed by atoms with Crippen LogP contribution in [0.25, 0.3) is 0 Å². The first-order valence-electron chi connectivity index (χ1n) is 2.92. The van der Waals surface area contributed by atoms with Crippen molar-refractivity contribution in [2.45, 2.75) is 19.4 Å². The average Bonchev–Trinajstić information content (AvgIpc) is 1.63. The molecule has 3 heteroatoms. The van der Waals surface area contributed by atoms with Gasteiger partial charge in [-0.3, -0.25) is 4.29 Å². The highest BCUT2D eigenvalue weighted by atomic mass is 35.5. The second-order valence-electron chi connectivity index (χ2n) is 3.07. The highest BCUT2D eigenvalue weighted by molar-refractivity contribution is 6.07. The molecule has 56 valence electrons. The molecule has 0 unspecified atom stereocenters. The number of hydrogen-bond acceptors (Lipinski definition) is 2. The van der Waals surface area contributed by atoms with Gasteiger partial charge in [0.1, 0.15) is 0 Å². The lowest BCUT2D eigenvalue weighted by Crippen LogP contribution is -2.34. The van der Waals surface area contributed by atoms with E-state index in [1.807, 2.05) is 32.8 Å².